The molecular weight excluding hydrogens is 224 g/mol. The Morgan fingerprint density at radius 3 is 2.72 bits per heavy atom. The largest absolute Gasteiger partial charge is 0.342 e. The van der Waals surface area contributed by atoms with Crippen molar-refractivity contribution in [3.8, 4) is 0 Å². The van der Waals surface area contributed by atoms with Crippen molar-refractivity contribution in [1.82, 2.24) is 14.9 Å². The molecule has 3 heterocycles. The molecule has 1 aromatic rings. The van der Waals surface area contributed by atoms with Crippen LogP contribution < -0.4 is 10.2 Å². The molecule has 0 saturated carbocycles. The average molecular weight is 248 g/mol. The van der Waals surface area contributed by atoms with Crippen molar-refractivity contribution in [3.05, 3.63) is 11.9 Å². The third-order valence-electron chi connectivity index (χ3n) is 4.30. The zero-order valence-electron chi connectivity index (χ0n) is 11.5. The lowest BCUT2D eigenvalue weighted by Gasteiger charge is -2.20. The van der Waals surface area contributed by atoms with Gasteiger partial charge in [-0.15, -0.1) is 0 Å². The Labute approximate surface area is 109 Å². The Balaban J connectivity index is 1.75. The summed E-state index contributed by atoms with van der Waals surface area (Å²) in [7, 11) is 0. The summed E-state index contributed by atoms with van der Waals surface area (Å²) in [6.07, 6.45) is 4.69. The van der Waals surface area contributed by atoms with Gasteiger partial charge in [0.15, 0.2) is 0 Å². The van der Waals surface area contributed by atoms with Gasteiger partial charge in [-0.2, -0.15) is 0 Å². The van der Waals surface area contributed by atoms with E-state index in [1.165, 1.54) is 45.0 Å². The Bertz CT molecular complexity index is 400. The minimum absolute atomic E-state index is 0.835. The molecule has 100 valence electrons. The van der Waals surface area contributed by atoms with Gasteiger partial charge < -0.3 is 14.8 Å². The van der Waals surface area contributed by atoms with E-state index in [0.717, 1.165) is 24.1 Å². The van der Waals surface area contributed by atoms with Gasteiger partial charge in [-0.1, -0.05) is 13.3 Å². The van der Waals surface area contributed by atoms with Gasteiger partial charge in [-0.05, 0) is 25.2 Å². The van der Waals surface area contributed by atoms with E-state index < -0.39 is 0 Å². The summed E-state index contributed by atoms with van der Waals surface area (Å²) in [6, 6.07) is 0. The highest BCUT2D eigenvalue weighted by Crippen LogP contribution is 2.30. The van der Waals surface area contributed by atoms with E-state index in [4.69, 9.17) is 4.98 Å². The number of nitrogens with one attached hydrogen (secondary N) is 1. The van der Waals surface area contributed by atoms with Crippen LogP contribution in [0.2, 0.25) is 0 Å². The number of nitrogens with zero attached hydrogens (tertiary/aromatic N) is 3. The highest BCUT2D eigenvalue weighted by Gasteiger charge is 2.37. The Morgan fingerprint density at radius 1 is 1.33 bits per heavy atom. The predicted molar refractivity (Wildman–Crippen MR) is 73.9 cm³/mol. The molecule has 2 aliphatic rings. The summed E-state index contributed by atoms with van der Waals surface area (Å²) in [4.78, 5) is 7.24. The first kappa shape index (κ1) is 12.0. The molecule has 2 fully saturated rings. The molecule has 3 rings (SSSR count). The monoisotopic (exact) mass is 248 g/mol. The van der Waals surface area contributed by atoms with Crippen molar-refractivity contribution in [2.45, 2.75) is 33.2 Å². The van der Waals surface area contributed by atoms with Gasteiger partial charge in [0.2, 0.25) is 5.95 Å². The van der Waals surface area contributed by atoms with E-state index in [9.17, 15) is 0 Å². The maximum absolute atomic E-state index is 4.74. The fourth-order valence-electron chi connectivity index (χ4n) is 3.30. The van der Waals surface area contributed by atoms with E-state index in [1.54, 1.807) is 0 Å². The van der Waals surface area contributed by atoms with Gasteiger partial charge in [0, 0.05) is 38.9 Å². The predicted octanol–water partition coefficient (Wildman–Crippen LogP) is 1.65. The van der Waals surface area contributed by atoms with Crippen molar-refractivity contribution in [2.75, 3.05) is 31.1 Å². The highest BCUT2D eigenvalue weighted by atomic mass is 15.3. The number of aromatic nitrogens is 2. The van der Waals surface area contributed by atoms with Crippen LogP contribution in [-0.4, -0.2) is 35.7 Å². The minimum Gasteiger partial charge on any atom is -0.342 e. The van der Waals surface area contributed by atoms with Crippen LogP contribution >= 0.6 is 0 Å². The number of anilines is 1. The summed E-state index contributed by atoms with van der Waals surface area (Å²) in [5.74, 6) is 2.87. The number of fused-ring (bicyclic) bond motifs is 1. The molecule has 2 unspecified atom stereocenters. The molecule has 4 heteroatoms. The maximum Gasteiger partial charge on any atom is 0.205 e. The topological polar surface area (TPSA) is 33.1 Å². The summed E-state index contributed by atoms with van der Waals surface area (Å²) < 4.78 is 2.35. The molecule has 0 aliphatic carbocycles. The van der Waals surface area contributed by atoms with Gasteiger partial charge in [0.25, 0.3) is 0 Å². The zero-order valence-corrected chi connectivity index (χ0v) is 11.5. The average Bonchev–Trinajstić information content (AvgIpc) is 2.98. The fourth-order valence-corrected chi connectivity index (χ4v) is 3.30. The third kappa shape index (κ3) is 2.14. The van der Waals surface area contributed by atoms with Crippen molar-refractivity contribution in [2.24, 2.45) is 11.8 Å². The number of imidazole rings is 1. The van der Waals surface area contributed by atoms with Crippen LogP contribution in [0.15, 0.2) is 6.20 Å². The molecule has 4 nitrogen and oxygen atoms in total. The maximum atomic E-state index is 4.74. The second-order valence-electron chi connectivity index (χ2n) is 5.81. The Kier molecular flexibility index (Phi) is 3.29. The van der Waals surface area contributed by atoms with E-state index in [1.807, 2.05) is 0 Å². The van der Waals surface area contributed by atoms with Crippen LogP contribution in [0.1, 0.15) is 25.5 Å². The first-order valence-corrected chi connectivity index (χ1v) is 7.27. The first-order chi connectivity index (χ1) is 8.78. The number of hydrogen-bond donors (Lipinski definition) is 1. The molecule has 1 aromatic heterocycles. The summed E-state index contributed by atoms with van der Waals surface area (Å²) in [5.41, 5.74) is 1.15. The molecule has 0 amide bonds. The SMILES string of the molecule is CCCCn1cc(C)nc1N1CC2CNCC2C1. The molecular formula is C14H24N4. The summed E-state index contributed by atoms with van der Waals surface area (Å²) in [5, 5.41) is 3.50. The van der Waals surface area contributed by atoms with Gasteiger partial charge in [0.05, 0.1) is 5.69 Å². The molecule has 0 bridgehead atoms. The van der Waals surface area contributed by atoms with Crippen molar-refractivity contribution in [1.29, 1.82) is 0 Å². The summed E-state index contributed by atoms with van der Waals surface area (Å²) in [6.45, 7) is 10.2. The molecule has 2 aliphatic heterocycles. The minimum atomic E-state index is 0.835. The smallest absolute Gasteiger partial charge is 0.205 e. The first-order valence-electron chi connectivity index (χ1n) is 7.27. The lowest BCUT2D eigenvalue weighted by Crippen LogP contribution is -2.28. The van der Waals surface area contributed by atoms with Crippen LogP contribution in [0.5, 0.6) is 0 Å². The quantitative estimate of drug-likeness (QED) is 0.879. The number of hydrogen-bond acceptors (Lipinski definition) is 3. The summed E-state index contributed by atoms with van der Waals surface area (Å²) >= 11 is 0. The molecule has 0 radical (unpaired) electrons. The van der Waals surface area contributed by atoms with Crippen molar-refractivity contribution >= 4 is 5.95 Å². The molecule has 0 aromatic carbocycles. The van der Waals surface area contributed by atoms with E-state index >= 15 is 0 Å². The number of aryl methyl sites for hydroxylation is 2. The Hall–Kier alpha value is -1.03. The Morgan fingerprint density at radius 2 is 2.06 bits per heavy atom. The van der Waals surface area contributed by atoms with Gasteiger partial charge in [0.1, 0.15) is 0 Å². The second kappa shape index (κ2) is 4.92. The van der Waals surface area contributed by atoms with Crippen LogP contribution in [0.4, 0.5) is 5.95 Å². The molecule has 18 heavy (non-hydrogen) atoms. The van der Waals surface area contributed by atoms with Gasteiger partial charge >= 0.3 is 0 Å². The van der Waals surface area contributed by atoms with E-state index in [0.29, 0.717) is 0 Å². The fraction of sp³-hybridized carbons (Fsp3) is 0.786. The second-order valence-corrected chi connectivity index (χ2v) is 5.81. The van der Waals surface area contributed by atoms with Crippen molar-refractivity contribution < 1.29 is 0 Å². The number of rotatable bonds is 4. The normalized spacial score (nSPS) is 26.9. The zero-order chi connectivity index (χ0) is 12.5. The van der Waals surface area contributed by atoms with Crippen LogP contribution in [0, 0.1) is 18.8 Å². The van der Waals surface area contributed by atoms with Crippen LogP contribution in [0.25, 0.3) is 0 Å². The van der Waals surface area contributed by atoms with E-state index in [2.05, 4.69) is 34.8 Å². The standard InChI is InChI=1S/C14H24N4/c1-3-4-5-17-8-11(2)16-14(17)18-9-12-6-15-7-13(12)10-18/h8,12-13,15H,3-7,9-10H2,1-2H3. The van der Waals surface area contributed by atoms with Gasteiger partial charge in [-0.25, -0.2) is 4.98 Å². The molecule has 2 atom stereocenters. The van der Waals surface area contributed by atoms with Crippen LogP contribution in [-0.2, 0) is 6.54 Å². The lowest BCUT2D eigenvalue weighted by molar-refractivity contribution is 0.533. The van der Waals surface area contributed by atoms with Crippen molar-refractivity contribution in [3.63, 3.8) is 0 Å². The molecule has 2 saturated heterocycles. The van der Waals surface area contributed by atoms with Gasteiger partial charge in [-0.3, -0.25) is 0 Å². The lowest BCUT2D eigenvalue weighted by atomic mass is 10.0. The van der Waals surface area contributed by atoms with E-state index in [-0.39, 0.29) is 0 Å². The van der Waals surface area contributed by atoms with Crippen LogP contribution in [0.3, 0.4) is 0 Å². The third-order valence-corrected chi connectivity index (χ3v) is 4.30. The molecule has 0 spiro atoms. The highest BCUT2D eigenvalue weighted by molar-refractivity contribution is 5.36. The number of unbranched alkanes of at least 4 members (excludes halogenated alkanes) is 1. The molecule has 1 N–H and O–H groups in total.